The van der Waals surface area contributed by atoms with Crippen LogP contribution in [0.5, 0.6) is 0 Å². The van der Waals surface area contributed by atoms with Crippen LogP contribution in [0.4, 0.5) is 5.69 Å². The molecule has 1 saturated heterocycles. The number of ether oxygens (including phenoxy) is 1. The Kier molecular flexibility index (Phi) is 5.86. The number of aryl methyl sites for hydroxylation is 1. The molecule has 1 fully saturated rings. The second-order valence-corrected chi connectivity index (χ2v) is 8.53. The van der Waals surface area contributed by atoms with E-state index in [2.05, 4.69) is 52.5 Å². The van der Waals surface area contributed by atoms with Gasteiger partial charge in [-0.15, -0.1) is 0 Å². The molecular formula is C27H24N4O2S. The summed E-state index contributed by atoms with van der Waals surface area (Å²) in [5.41, 5.74) is 5.26. The summed E-state index contributed by atoms with van der Waals surface area (Å²) < 4.78 is 7.08. The molecule has 0 aliphatic carbocycles. The van der Waals surface area contributed by atoms with Gasteiger partial charge < -0.3 is 19.5 Å². The van der Waals surface area contributed by atoms with Gasteiger partial charge in [-0.1, -0.05) is 35.9 Å². The first kappa shape index (κ1) is 21.9. The summed E-state index contributed by atoms with van der Waals surface area (Å²) in [6.45, 7) is 2.06. The Hall–Kier alpha value is -3.97. The third kappa shape index (κ3) is 3.84. The van der Waals surface area contributed by atoms with Crippen molar-refractivity contribution >= 4 is 29.0 Å². The van der Waals surface area contributed by atoms with Crippen molar-refractivity contribution in [1.29, 1.82) is 0 Å². The second kappa shape index (κ2) is 9.11. The van der Waals surface area contributed by atoms with Crippen molar-refractivity contribution in [3.8, 4) is 5.69 Å². The SMILES string of the molecule is COC(=O)c1ccccc1-n1cccc1[C@@H]1[C@@H](c2ccccn2)NC(=S)N1c1ccc(C)cc1. The van der Waals surface area contributed by atoms with Crippen molar-refractivity contribution in [1.82, 2.24) is 14.9 Å². The van der Waals surface area contributed by atoms with Crippen LogP contribution in [0.15, 0.2) is 91.3 Å². The summed E-state index contributed by atoms with van der Waals surface area (Å²) in [6, 6.07) is 25.3. The van der Waals surface area contributed by atoms with E-state index in [-0.39, 0.29) is 18.1 Å². The van der Waals surface area contributed by atoms with Gasteiger partial charge in [-0.25, -0.2) is 4.79 Å². The quantitative estimate of drug-likeness (QED) is 0.323. The number of hydrogen-bond donors (Lipinski definition) is 1. The number of benzene rings is 2. The molecule has 0 saturated carbocycles. The first-order chi connectivity index (χ1) is 16.6. The van der Waals surface area contributed by atoms with Crippen molar-refractivity contribution in [2.75, 3.05) is 12.0 Å². The predicted molar refractivity (Wildman–Crippen MR) is 136 cm³/mol. The van der Waals surface area contributed by atoms with Crippen molar-refractivity contribution in [3.63, 3.8) is 0 Å². The van der Waals surface area contributed by atoms with Gasteiger partial charge in [0.2, 0.25) is 0 Å². The van der Waals surface area contributed by atoms with Gasteiger partial charge in [0.15, 0.2) is 5.11 Å². The van der Waals surface area contributed by atoms with E-state index in [1.54, 1.807) is 12.3 Å². The lowest BCUT2D eigenvalue weighted by atomic mass is 10.00. The van der Waals surface area contributed by atoms with Crippen LogP contribution in [0.2, 0.25) is 0 Å². The zero-order valence-corrected chi connectivity index (χ0v) is 19.7. The summed E-state index contributed by atoms with van der Waals surface area (Å²) in [5.74, 6) is -0.382. The van der Waals surface area contributed by atoms with Crippen LogP contribution in [-0.4, -0.2) is 27.7 Å². The Labute approximate surface area is 203 Å². The summed E-state index contributed by atoms with van der Waals surface area (Å²) in [7, 11) is 1.39. The van der Waals surface area contributed by atoms with E-state index in [0.717, 1.165) is 22.8 Å². The normalized spacial score (nSPS) is 17.5. The molecule has 2 aromatic heterocycles. The maximum Gasteiger partial charge on any atom is 0.339 e. The summed E-state index contributed by atoms with van der Waals surface area (Å²) in [6.07, 6.45) is 3.75. The Morgan fingerprint density at radius 2 is 1.76 bits per heavy atom. The maximum absolute atomic E-state index is 12.5. The maximum atomic E-state index is 12.5. The zero-order valence-electron chi connectivity index (χ0n) is 18.9. The molecule has 1 aliphatic heterocycles. The molecule has 0 amide bonds. The highest BCUT2D eigenvalue weighted by Gasteiger charge is 2.42. The molecule has 4 aromatic rings. The minimum Gasteiger partial charge on any atom is -0.465 e. The van der Waals surface area contributed by atoms with Crippen molar-refractivity contribution in [2.24, 2.45) is 0 Å². The number of hydrogen-bond acceptors (Lipinski definition) is 4. The average Bonchev–Trinajstić information content (AvgIpc) is 3.49. The number of carbonyl (C=O) groups is 1. The molecule has 7 heteroatoms. The highest BCUT2D eigenvalue weighted by atomic mass is 32.1. The fourth-order valence-corrected chi connectivity index (χ4v) is 4.81. The monoisotopic (exact) mass is 468 g/mol. The van der Waals surface area contributed by atoms with Crippen molar-refractivity contribution in [2.45, 2.75) is 19.0 Å². The number of thiocarbonyl (C=S) groups is 1. The number of anilines is 1. The molecule has 0 unspecified atom stereocenters. The molecule has 1 aliphatic rings. The first-order valence-corrected chi connectivity index (χ1v) is 11.4. The van der Waals surface area contributed by atoms with Gasteiger partial charge in [-0.2, -0.15) is 0 Å². The molecule has 0 spiro atoms. The minimum absolute atomic E-state index is 0.186. The number of rotatable bonds is 5. The number of para-hydroxylation sites is 1. The molecule has 0 radical (unpaired) electrons. The third-order valence-electron chi connectivity index (χ3n) is 6.06. The Balaban J connectivity index is 1.69. The van der Waals surface area contributed by atoms with Gasteiger partial charge in [0, 0.05) is 23.8 Å². The van der Waals surface area contributed by atoms with Crippen LogP contribution in [0.1, 0.15) is 39.4 Å². The van der Waals surface area contributed by atoms with Gasteiger partial charge in [0.05, 0.1) is 30.1 Å². The van der Waals surface area contributed by atoms with E-state index < -0.39 is 0 Å². The van der Waals surface area contributed by atoms with E-state index in [1.807, 2.05) is 53.2 Å². The van der Waals surface area contributed by atoms with Crippen LogP contribution in [0, 0.1) is 6.92 Å². The lowest BCUT2D eigenvalue weighted by Gasteiger charge is -2.29. The largest absolute Gasteiger partial charge is 0.465 e. The van der Waals surface area contributed by atoms with Gasteiger partial charge in [-0.05, 0) is 67.7 Å². The molecule has 5 rings (SSSR count). The topological polar surface area (TPSA) is 59.4 Å². The van der Waals surface area contributed by atoms with E-state index in [0.29, 0.717) is 10.7 Å². The standard InChI is InChI=1S/C27H24N4O2S/c1-18-12-14-19(15-13-18)31-25(24(29-27(31)34)21-9-5-6-16-28-21)23-11-7-17-30(23)22-10-4-3-8-20(22)26(32)33-2/h3-17,24-25H,1-2H3,(H,29,34)/t24-,25-/m1/s1. The molecule has 170 valence electrons. The number of esters is 1. The van der Waals surface area contributed by atoms with Gasteiger partial charge in [-0.3, -0.25) is 4.98 Å². The zero-order chi connectivity index (χ0) is 23.7. The predicted octanol–water partition coefficient (Wildman–Crippen LogP) is 5.14. The van der Waals surface area contributed by atoms with Crippen LogP contribution >= 0.6 is 12.2 Å². The number of nitrogens with zero attached hydrogens (tertiary/aromatic N) is 3. The lowest BCUT2D eigenvalue weighted by Crippen LogP contribution is -2.30. The molecule has 1 N–H and O–H groups in total. The molecule has 2 aromatic carbocycles. The van der Waals surface area contributed by atoms with E-state index >= 15 is 0 Å². The molecule has 6 nitrogen and oxygen atoms in total. The number of nitrogens with one attached hydrogen (secondary N) is 1. The molecule has 3 heterocycles. The molecule has 2 atom stereocenters. The Bertz CT molecular complexity index is 1330. The van der Waals surface area contributed by atoms with Crippen molar-refractivity contribution < 1.29 is 9.53 Å². The van der Waals surface area contributed by atoms with Gasteiger partial charge in [0.25, 0.3) is 0 Å². The fraction of sp³-hybridized carbons (Fsp3) is 0.148. The summed E-state index contributed by atoms with van der Waals surface area (Å²) in [5, 5.41) is 4.11. The third-order valence-corrected chi connectivity index (χ3v) is 6.38. The smallest absolute Gasteiger partial charge is 0.339 e. The Morgan fingerprint density at radius 1 is 1.00 bits per heavy atom. The van der Waals surface area contributed by atoms with Crippen LogP contribution < -0.4 is 10.2 Å². The summed E-state index contributed by atoms with van der Waals surface area (Å²) >= 11 is 5.83. The van der Waals surface area contributed by atoms with Gasteiger partial charge in [0.1, 0.15) is 6.04 Å². The van der Waals surface area contributed by atoms with Crippen molar-refractivity contribution in [3.05, 3.63) is 114 Å². The number of methoxy groups -OCH3 is 1. The van der Waals surface area contributed by atoms with Crippen LogP contribution in [-0.2, 0) is 4.74 Å². The minimum atomic E-state index is -0.382. The molecular weight excluding hydrogens is 444 g/mol. The second-order valence-electron chi connectivity index (χ2n) is 8.14. The average molecular weight is 469 g/mol. The first-order valence-electron chi connectivity index (χ1n) is 11.0. The highest BCUT2D eigenvalue weighted by molar-refractivity contribution is 7.80. The number of pyridine rings is 1. The van der Waals surface area contributed by atoms with Gasteiger partial charge >= 0.3 is 5.97 Å². The van der Waals surface area contributed by atoms with E-state index in [9.17, 15) is 4.79 Å². The lowest BCUT2D eigenvalue weighted by molar-refractivity contribution is 0.0600. The number of aromatic nitrogens is 2. The Morgan fingerprint density at radius 3 is 2.50 bits per heavy atom. The summed E-state index contributed by atoms with van der Waals surface area (Å²) in [4.78, 5) is 19.3. The van der Waals surface area contributed by atoms with Crippen LogP contribution in [0.25, 0.3) is 5.69 Å². The molecule has 0 bridgehead atoms. The fourth-order valence-electron chi connectivity index (χ4n) is 4.46. The number of carbonyl (C=O) groups excluding carboxylic acids is 1. The van der Waals surface area contributed by atoms with E-state index in [1.165, 1.54) is 12.7 Å². The highest BCUT2D eigenvalue weighted by Crippen LogP contribution is 2.42. The van der Waals surface area contributed by atoms with Crippen LogP contribution in [0.3, 0.4) is 0 Å². The molecule has 34 heavy (non-hydrogen) atoms. The van der Waals surface area contributed by atoms with E-state index in [4.69, 9.17) is 17.0 Å².